The summed E-state index contributed by atoms with van der Waals surface area (Å²) in [6.45, 7) is 2.54. The molecule has 0 aliphatic carbocycles. The van der Waals surface area contributed by atoms with E-state index in [0.717, 1.165) is 15.4 Å². The monoisotopic (exact) mass is 373 g/mol. The number of nitrogens with one attached hydrogen (secondary N) is 1. The first-order chi connectivity index (χ1) is 10.9. The molecule has 0 aromatic carbocycles. The number of nitrogens with zero attached hydrogens (tertiary/aromatic N) is 2. The molecular weight excluding hydrogens is 358 g/mol. The van der Waals surface area contributed by atoms with E-state index in [4.69, 9.17) is 0 Å². The van der Waals surface area contributed by atoms with Crippen molar-refractivity contribution in [3.63, 3.8) is 0 Å². The lowest BCUT2D eigenvalue weighted by molar-refractivity contribution is 0.187. The number of thiophene rings is 1. The van der Waals surface area contributed by atoms with Crippen molar-refractivity contribution in [1.82, 2.24) is 9.29 Å². The van der Waals surface area contributed by atoms with Gasteiger partial charge in [-0.2, -0.15) is 4.31 Å². The highest BCUT2D eigenvalue weighted by Gasteiger charge is 2.31. The van der Waals surface area contributed by atoms with Gasteiger partial charge in [0.05, 0.1) is 19.3 Å². The molecule has 0 unspecified atom stereocenters. The van der Waals surface area contributed by atoms with Gasteiger partial charge in [-0.25, -0.2) is 18.2 Å². The second-order valence-electron chi connectivity index (χ2n) is 4.96. The fourth-order valence-electron chi connectivity index (χ4n) is 2.25. The van der Waals surface area contributed by atoms with Crippen molar-refractivity contribution in [2.24, 2.45) is 0 Å². The molecule has 0 spiro atoms. The minimum atomic E-state index is -3.48. The Kier molecular flexibility index (Phi) is 4.41. The van der Waals surface area contributed by atoms with Gasteiger partial charge in [0.25, 0.3) is 10.0 Å². The Labute approximate surface area is 142 Å². The number of amides is 1. The Morgan fingerprint density at radius 2 is 2.17 bits per heavy atom. The van der Waals surface area contributed by atoms with E-state index in [2.05, 4.69) is 15.0 Å². The number of fused-ring (bicyclic) bond motifs is 1. The van der Waals surface area contributed by atoms with E-state index < -0.39 is 16.1 Å². The van der Waals surface area contributed by atoms with Crippen molar-refractivity contribution in [2.45, 2.75) is 24.1 Å². The average molecular weight is 373 g/mol. The summed E-state index contributed by atoms with van der Waals surface area (Å²) in [5.74, 6) is 0. The zero-order valence-electron chi connectivity index (χ0n) is 12.5. The fraction of sp³-hybridized carbons (Fsp3) is 0.385. The van der Waals surface area contributed by atoms with E-state index in [9.17, 15) is 13.2 Å². The number of carbonyl (C=O) groups is 1. The zero-order chi connectivity index (χ0) is 16.6. The molecule has 0 fully saturated rings. The van der Waals surface area contributed by atoms with Crippen LogP contribution in [0.1, 0.15) is 15.4 Å². The molecule has 1 aliphatic rings. The molecule has 10 heteroatoms. The first-order valence-electron chi connectivity index (χ1n) is 6.80. The number of hydrogen-bond donors (Lipinski definition) is 1. The molecular formula is C13H15N3O4S3. The smallest absolute Gasteiger partial charge is 0.413 e. The molecule has 0 atom stereocenters. The third-order valence-corrected chi connectivity index (χ3v) is 7.71. The molecule has 3 rings (SSSR count). The summed E-state index contributed by atoms with van der Waals surface area (Å²) in [6.07, 6.45) is -0.0622. The number of anilines is 1. The minimum Gasteiger partial charge on any atom is -0.453 e. The molecule has 2 aromatic heterocycles. The van der Waals surface area contributed by atoms with Crippen molar-refractivity contribution in [3.05, 3.63) is 27.6 Å². The van der Waals surface area contributed by atoms with Crippen LogP contribution < -0.4 is 5.32 Å². The molecule has 1 aliphatic heterocycles. The Morgan fingerprint density at radius 3 is 2.83 bits per heavy atom. The molecule has 1 amide bonds. The van der Waals surface area contributed by atoms with Crippen LogP contribution >= 0.6 is 22.7 Å². The van der Waals surface area contributed by atoms with E-state index in [1.165, 1.54) is 34.1 Å². The molecule has 124 valence electrons. The number of carbonyl (C=O) groups excluding carboxylic acids is 1. The Hall–Kier alpha value is -1.49. The summed E-state index contributed by atoms with van der Waals surface area (Å²) in [5, 5.41) is 2.94. The fourth-order valence-corrected chi connectivity index (χ4v) is 6.18. The third-order valence-electron chi connectivity index (χ3n) is 3.40. The van der Waals surface area contributed by atoms with E-state index >= 15 is 0 Å². The first-order valence-corrected chi connectivity index (χ1v) is 9.87. The van der Waals surface area contributed by atoms with Crippen LogP contribution in [-0.2, 0) is 27.7 Å². The average Bonchev–Trinajstić information content (AvgIpc) is 3.12. The number of sulfonamides is 1. The van der Waals surface area contributed by atoms with Gasteiger partial charge in [-0.05, 0) is 19.1 Å². The summed E-state index contributed by atoms with van der Waals surface area (Å²) >= 11 is 2.54. The Balaban J connectivity index is 1.81. The van der Waals surface area contributed by atoms with Gasteiger partial charge < -0.3 is 4.74 Å². The van der Waals surface area contributed by atoms with E-state index in [1.807, 2.05) is 6.92 Å². The van der Waals surface area contributed by atoms with Gasteiger partial charge in [0.1, 0.15) is 4.21 Å². The maximum atomic E-state index is 12.7. The van der Waals surface area contributed by atoms with E-state index in [1.54, 1.807) is 12.1 Å². The summed E-state index contributed by atoms with van der Waals surface area (Å²) in [5.41, 5.74) is 0.829. The SMILES string of the molecule is COC(=O)Nc1nc2c(s1)CN(S(=O)(=O)c1ccc(C)s1)CC2. The quantitative estimate of drug-likeness (QED) is 0.893. The minimum absolute atomic E-state index is 0.273. The summed E-state index contributed by atoms with van der Waals surface area (Å²) in [4.78, 5) is 17.4. The van der Waals surface area contributed by atoms with Gasteiger partial charge in [0, 0.05) is 22.7 Å². The van der Waals surface area contributed by atoms with E-state index in [-0.39, 0.29) is 6.54 Å². The van der Waals surface area contributed by atoms with Crippen LogP contribution in [0, 0.1) is 6.92 Å². The predicted octanol–water partition coefficient (Wildman–Crippen LogP) is 2.44. The van der Waals surface area contributed by atoms with Crippen LogP contribution in [0.5, 0.6) is 0 Å². The number of aromatic nitrogens is 1. The molecule has 0 bridgehead atoms. The summed E-state index contributed by atoms with van der Waals surface area (Å²) in [7, 11) is -2.21. The third kappa shape index (κ3) is 3.25. The van der Waals surface area contributed by atoms with Gasteiger partial charge in [-0.3, -0.25) is 5.32 Å². The Bertz CT molecular complexity index is 841. The number of hydrogen-bond acceptors (Lipinski definition) is 7. The number of aryl methyl sites for hydroxylation is 1. The van der Waals surface area contributed by atoms with Crippen molar-refractivity contribution in [3.8, 4) is 0 Å². The number of methoxy groups -OCH3 is 1. The number of rotatable bonds is 3. The molecule has 23 heavy (non-hydrogen) atoms. The molecule has 2 aromatic rings. The van der Waals surface area contributed by atoms with Crippen LogP contribution in [0.4, 0.5) is 9.93 Å². The normalized spacial score (nSPS) is 15.2. The number of ether oxygens (including phenoxy) is 1. The highest BCUT2D eigenvalue weighted by atomic mass is 32.2. The highest BCUT2D eigenvalue weighted by Crippen LogP contribution is 2.32. The standard InChI is InChI=1S/C13H15N3O4S3/c1-8-3-4-11(21-8)23(18,19)16-6-5-9-10(7-16)22-12(14-9)15-13(17)20-2/h3-4H,5-7H2,1-2H3,(H,14,15,17). The van der Waals surface area contributed by atoms with E-state index in [0.29, 0.717) is 22.3 Å². The zero-order valence-corrected chi connectivity index (χ0v) is 15.0. The van der Waals surface area contributed by atoms with Gasteiger partial charge in [0.2, 0.25) is 0 Å². The van der Waals surface area contributed by atoms with Gasteiger partial charge in [-0.1, -0.05) is 11.3 Å². The van der Waals surface area contributed by atoms with Crippen LogP contribution in [0.3, 0.4) is 0 Å². The van der Waals surface area contributed by atoms with Gasteiger partial charge in [-0.15, -0.1) is 11.3 Å². The molecule has 0 saturated heterocycles. The number of thiazole rings is 1. The lowest BCUT2D eigenvalue weighted by Gasteiger charge is -2.24. The molecule has 3 heterocycles. The Morgan fingerprint density at radius 1 is 1.39 bits per heavy atom. The highest BCUT2D eigenvalue weighted by molar-refractivity contribution is 7.91. The summed E-state index contributed by atoms with van der Waals surface area (Å²) in [6, 6.07) is 3.44. The van der Waals surface area contributed by atoms with Crippen molar-refractivity contribution in [1.29, 1.82) is 0 Å². The van der Waals surface area contributed by atoms with Crippen LogP contribution in [0.25, 0.3) is 0 Å². The second kappa shape index (κ2) is 6.19. The molecule has 7 nitrogen and oxygen atoms in total. The molecule has 0 radical (unpaired) electrons. The predicted molar refractivity (Wildman–Crippen MR) is 88.5 cm³/mol. The lowest BCUT2D eigenvalue weighted by atomic mass is 10.2. The lowest BCUT2D eigenvalue weighted by Crippen LogP contribution is -2.35. The van der Waals surface area contributed by atoms with Crippen molar-refractivity contribution in [2.75, 3.05) is 19.0 Å². The summed E-state index contributed by atoms with van der Waals surface area (Å²) < 4.78 is 31.7. The second-order valence-corrected chi connectivity index (χ2v) is 9.50. The van der Waals surface area contributed by atoms with Crippen LogP contribution in [0.2, 0.25) is 0 Å². The van der Waals surface area contributed by atoms with Crippen LogP contribution in [-0.4, -0.2) is 37.5 Å². The van der Waals surface area contributed by atoms with Gasteiger partial charge >= 0.3 is 6.09 Å². The van der Waals surface area contributed by atoms with Crippen molar-refractivity contribution < 1.29 is 17.9 Å². The van der Waals surface area contributed by atoms with Crippen LogP contribution in [0.15, 0.2) is 16.3 Å². The molecule has 0 saturated carbocycles. The van der Waals surface area contributed by atoms with Gasteiger partial charge in [0.15, 0.2) is 5.13 Å². The maximum Gasteiger partial charge on any atom is 0.413 e. The molecule has 1 N–H and O–H groups in total. The first kappa shape index (κ1) is 16.4. The van der Waals surface area contributed by atoms with Crippen molar-refractivity contribution >= 4 is 43.9 Å². The maximum absolute atomic E-state index is 12.7. The largest absolute Gasteiger partial charge is 0.453 e. The topological polar surface area (TPSA) is 88.6 Å².